The number of nitrogens with one attached hydrogen (secondary N) is 1. The SMILES string of the molecule is Cc1cc(OCc2csc(C(=O)NN)n2)ccc1C(C)C. The zero-order valence-corrected chi connectivity index (χ0v) is 13.2. The minimum Gasteiger partial charge on any atom is -0.487 e. The first kappa shape index (κ1) is 15.5. The quantitative estimate of drug-likeness (QED) is 0.506. The molecule has 2 aromatic rings. The first-order valence-electron chi connectivity index (χ1n) is 6.70. The van der Waals surface area contributed by atoms with Gasteiger partial charge in [0.1, 0.15) is 12.4 Å². The summed E-state index contributed by atoms with van der Waals surface area (Å²) >= 11 is 1.24. The van der Waals surface area contributed by atoms with Crippen LogP contribution >= 0.6 is 11.3 Å². The number of carbonyl (C=O) groups is 1. The Labute approximate surface area is 128 Å². The highest BCUT2D eigenvalue weighted by molar-refractivity contribution is 7.11. The molecule has 1 aromatic carbocycles. The summed E-state index contributed by atoms with van der Waals surface area (Å²) < 4.78 is 5.72. The summed E-state index contributed by atoms with van der Waals surface area (Å²) in [6.45, 7) is 6.74. The van der Waals surface area contributed by atoms with Crippen molar-refractivity contribution in [2.45, 2.75) is 33.3 Å². The van der Waals surface area contributed by atoms with E-state index in [1.165, 1.54) is 22.5 Å². The molecule has 0 aliphatic rings. The first-order chi connectivity index (χ1) is 10.0. The Morgan fingerprint density at radius 1 is 1.48 bits per heavy atom. The van der Waals surface area contributed by atoms with Gasteiger partial charge in [-0.3, -0.25) is 10.2 Å². The van der Waals surface area contributed by atoms with Gasteiger partial charge in [0.2, 0.25) is 0 Å². The molecule has 1 heterocycles. The van der Waals surface area contributed by atoms with E-state index in [9.17, 15) is 4.79 Å². The summed E-state index contributed by atoms with van der Waals surface area (Å²) in [5, 5.41) is 2.13. The Bertz CT molecular complexity index is 638. The van der Waals surface area contributed by atoms with E-state index >= 15 is 0 Å². The summed E-state index contributed by atoms with van der Waals surface area (Å²) in [6, 6.07) is 6.07. The van der Waals surface area contributed by atoms with Crippen LogP contribution in [0.4, 0.5) is 0 Å². The topological polar surface area (TPSA) is 77.2 Å². The molecule has 0 atom stereocenters. The molecule has 0 aliphatic heterocycles. The molecule has 1 aromatic heterocycles. The van der Waals surface area contributed by atoms with Crippen molar-refractivity contribution in [3.63, 3.8) is 0 Å². The maximum atomic E-state index is 11.3. The standard InChI is InChI=1S/C15H19N3O2S/c1-9(2)13-5-4-12(6-10(13)3)20-7-11-8-21-15(17-11)14(19)18-16/h4-6,8-9H,7,16H2,1-3H3,(H,18,19). The number of rotatable bonds is 5. The molecule has 3 N–H and O–H groups in total. The van der Waals surface area contributed by atoms with Gasteiger partial charge in [0.25, 0.3) is 5.91 Å². The van der Waals surface area contributed by atoms with Crippen LogP contribution in [0.3, 0.4) is 0 Å². The van der Waals surface area contributed by atoms with Gasteiger partial charge < -0.3 is 4.74 Å². The van der Waals surface area contributed by atoms with Gasteiger partial charge in [-0.1, -0.05) is 19.9 Å². The molecule has 0 radical (unpaired) electrons. The monoisotopic (exact) mass is 305 g/mol. The number of ether oxygens (including phenoxy) is 1. The molecule has 6 heteroatoms. The zero-order valence-electron chi connectivity index (χ0n) is 12.3. The van der Waals surface area contributed by atoms with E-state index in [4.69, 9.17) is 10.6 Å². The van der Waals surface area contributed by atoms with E-state index < -0.39 is 0 Å². The number of carbonyl (C=O) groups excluding carboxylic acids is 1. The third-order valence-electron chi connectivity index (χ3n) is 3.13. The van der Waals surface area contributed by atoms with E-state index in [0.29, 0.717) is 23.2 Å². The summed E-state index contributed by atoms with van der Waals surface area (Å²) in [6.07, 6.45) is 0. The minimum absolute atomic E-state index is 0.328. The fourth-order valence-corrected chi connectivity index (χ4v) is 2.79. The van der Waals surface area contributed by atoms with Crippen molar-refractivity contribution in [1.82, 2.24) is 10.4 Å². The number of hydrazine groups is 1. The lowest BCUT2D eigenvalue weighted by Gasteiger charge is -2.12. The van der Waals surface area contributed by atoms with E-state index in [1.54, 1.807) is 5.38 Å². The normalized spacial score (nSPS) is 10.7. The number of thiazole rings is 1. The first-order valence-corrected chi connectivity index (χ1v) is 7.58. The lowest BCUT2D eigenvalue weighted by atomic mass is 9.98. The van der Waals surface area contributed by atoms with Crippen molar-refractivity contribution < 1.29 is 9.53 Å². The molecule has 0 saturated heterocycles. The molecule has 0 spiro atoms. The number of aryl methyl sites for hydroxylation is 1. The van der Waals surface area contributed by atoms with Crippen LogP contribution in [0.2, 0.25) is 0 Å². The summed E-state index contributed by atoms with van der Waals surface area (Å²) in [5.74, 6) is 5.98. The summed E-state index contributed by atoms with van der Waals surface area (Å²) in [5.41, 5.74) is 5.30. The van der Waals surface area contributed by atoms with Crippen LogP contribution in [0.15, 0.2) is 23.6 Å². The van der Waals surface area contributed by atoms with Crippen LogP contribution in [0.25, 0.3) is 0 Å². The van der Waals surface area contributed by atoms with Crippen LogP contribution in [0, 0.1) is 6.92 Å². The van der Waals surface area contributed by atoms with E-state index in [0.717, 1.165) is 5.75 Å². The van der Waals surface area contributed by atoms with Crippen LogP contribution in [-0.2, 0) is 6.61 Å². The molecule has 0 fully saturated rings. The van der Waals surface area contributed by atoms with E-state index in [-0.39, 0.29) is 5.91 Å². The van der Waals surface area contributed by atoms with E-state index in [1.807, 2.05) is 12.1 Å². The Balaban J connectivity index is 2.01. The second kappa shape index (κ2) is 6.69. The Hall–Kier alpha value is -1.92. The van der Waals surface area contributed by atoms with Gasteiger partial charge in [0.05, 0.1) is 5.69 Å². The number of amides is 1. The predicted octanol–water partition coefficient (Wildman–Crippen LogP) is 2.76. The smallest absolute Gasteiger partial charge is 0.294 e. The average molecular weight is 305 g/mol. The van der Waals surface area contributed by atoms with Gasteiger partial charge in [0, 0.05) is 5.38 Å². The highest BCUT2D eigenvalue weighted by atomic mass is 32.1. The number of benzene rings is 1. The highest BCUT2D eigenvalue weighted by Crippen LogP contribution is 2.24. The molecule has 5 nitrogen and oxygen atoms in total. The Morgan fingerprint density at radius 2 is 2.24 bits per heavy atom. The van der Waals surface area contributed by atoms with Gasteiger partial charge in [0.15, 0.2) is 5.01 Å². The number of hydrogen-bond acceptors (Lipinski definition) is 5. The number of hydrogen-bond donors (Lipinski definition) is 2. The predicted molar refractivity (Wildman–Crippen MR) is 83.4 cm³/mol. The maximum absolute atomic E-state index is 11.3. The van der Waals surface area contributed by atoms with Crippen LogP contribution in [0.5, 0.6) is 5.75 Å². The van der Waals surface area contributed by atoms with Gasteiger partial charge in [-0.05, 0) is 36.1 Å². The number of nitrogens with zero attached hydrogens (tertiary/aromatic N) is 1. The number of nitrogen functional groups attached to an aromatic ring is 1. The van der Waals surface area contributed by atoms with Gasteiger partial charge in [-0.15, -0.1) is 11.3 Å². The fraction of sp³-hybridized carbons (Fsp3) is 0.333. The molecule has 0 unspecified atom stereocenters. The van der Waals surface area contributed by atoms with Gasteiger partial charge >= 0.3 is 0 Å². The molecule has 112 valence electrons. The zero-order chi connectivity index (χ0) is 15.4. The number of aromatic nitrogens is 1. The summed E-state index contributed by atoms with van der Waals surface area (Å²) in [7, 11) is 0. The fourth-order valence-electron chi connectivity index (χ4n) is 2.08. The van der Waals surface area contributed by atoms with Crippen molar-refractivity contribution in [3.05, 3.63) is 45.4 Å². The Kier molecular flexibility index (Phi) is 4.93. The van der Waals surface area contributed by atoms with Crippen LogP contribution < -0.4 is 16.0 Å². The molecular formula is C15H19N3O2S. The van der Waals surface area contributed by atoms with Crippen LogP contribution in [0.1, 0.15) is 46.4 Å². The molecular weight excluding hydrogens is 286 g/mol. The minimum atomic E-state index is -0.386. The highest BCUT2D eigenvalue weighted by Gasteiger charge is 2.10. The molecule has 21 heavy (non-hydrogen) atoms. The van der Waals surface area contributed by atoms with Crippen molar-refractivity contribution in [2.24, 2.45) is 5.84 Å². The molecule has 1 amide bonds. The maximum Gasteiger partial charge on any atom is 0.294 e. The summed E-state index contributed by atoms with van der Waals surface area (Å²) in [4.78, 5) is 15.5. The lowest BCUT2D eigenvalue weighted by Crippen LogP contribution is -2.29. The number of nitrogens with two attached hydrogens (primary N) is 1. The third kappa shape index (κ3) is 3.80. The van der Waals surface area contributed by atoms with Gasteiger partial charge in [-0.2, -0.15) is 0 Å². The van der Waals surface area contributed by atoms with Crippen LogP contribution in [-0.4, -0.2) is 10.9 Å². The second-order valence-electron chi connectivity index (χ2n) is 5.08. The third-order valence-corrected chi connectivity index (χ3v) is 4.02. The van der Waals surface area contributed by atoms with Crippen molar-refractivity contribution in [1.29, 1.82) is 0 Å². The van der Waals surface area contributed by atoms with E-state index in [2.05, 4.69) is 37.2 Å². The molecule has 0 aliphatic carbocycles. The van der Waals surface area contributed by atoms with Crippen molar-refractivity contribution in [3.8, 4) is 5.75 Å². The Morgan fingerprint density at radius 3 is 2.86 bits per heavy atom. The van der Waals surface area contributed by atoms with Crippen molar-refractivity contribution >= 4 is 17.2 Å². The molecule has 0 saturated carbocycles. The second-order valence-corrected chi connectivity index (χ2v) is 5.94. The average Bonchev–Trinajstić information content (AvgIpc) is 2.92. The molecule has 2 rings (SSSR count). The van der Waals surface area contributed by atoms with Crippen molar-refractivity contribution in [2.75, 3.05) is 0 Å². The largest absolute Gasteiger partial charge is 0.487 e. The van der Waals surface area contributed by atoms with Gasteiger partial charge in [-0.25, -0.2) is 10.8 Å². The molecule has 0 bridgehead atoms. The lowest BCUT2D eigenvalue weighted by molar-refractivity contribution is 0.0953.